The van der Waals surface area contributed by atoms with Gasteiger partial charge in [0, 0.05) is 0 Å². The Bertz CT molecular complexity index is 154. The van der Waals surface area contributed by atoms with Crippen LogP contribution < -0.4 is 0 Å². The Morgan fingerprint density at radius 1 is 1.62 bits per heavy atom. The van der Waals surface area contributed by atoms with Crippen LogP contribution in [0, 0.1) is 5.92 Å². The molecule has 0 amide bonds. The quantitative estimate of drug-likeness (QED) is 0.640. The Kier molecular flexibility index (Phi) is 1.72. The van der Waals surface area contributed by atoms with Crippen molar-refractivity contribution >= 4 is 0 Å². The molecule has 0 aromatic carbocycles. The van der Waals surface area contributed by atoms with Gasteiger partial charge in [-0.15, -0.1) is 0 Å². The number of hydrogen-bond donors (Lipinski definition) is 0. The van der Waals surface area contributed by atoms with Crippen LogP contribution in [0.15, 0.2) is 21.7 Å². The summed E-state index contributed by atoms with van der Waals surface area (Å²) in [5, 5.41) is 0. The predicted octanol–water partition coefficient (Wildman–Crippen LogP) is 2.01. The molecule has 1 aliphatic rings. The van der Waals surface area contributed by atoms with Crippen LogP contribution in [0.5, 0.6) is 0 Å². The molecule has 0 aromatic rings. The number of hydrogen-bond acceptors (Lipinski definition) is 0. The first-order valence-corrected chi connectivity index (χ1v) is 3.87. The molecular weight excluding hydrogens is 279 g/mol. The molecule has 0 radical (unpaired) electrons. The summed E-state index contributed by atoms with van der Waals surface area (Å²) in [7, 11) is 0. The molecule has 0 heterocycles. The minimum absolute atomic E-state index is 0.683. The zero-order valence-electron chi connectivity index (χ0n) is 5.05. The third-order valence-electron chi connectivity index (χ3n) is 1.56. The molecule has 1 atom stereocenters. The molecule has 47 valence electrons. The molecule has 0 fully saturated rings. The van der Waals surface area contributed by atoms with E-state index in [9.17, 15) is 0 Å². The van der Waals surface area contributed by atoms with Crippen LogP contribution in [0.25, 0.3) is 0 Å². The molecule has 0 saturated carbocycles. The minimum atomic E-state index is 0.683. The first-order valence-electron chi connectivity index (χ1n) is 2.73. The van der Waals surface area contributed by atoms with Gasteiger partial charge in [0.05, 0.1) is 0 Å². The first kappa shape index (κ1) is 6.29. The second kappa shape index (κ2) is 2.19. The van der Waals surface area contributed by atoms with Crippen LogP contribution >= 0.6 is 0 Å². The summed E-state index contributed by atoms with van der Waals surface area (Å²) in [5.41, 5.74) is 1.51. The number of rotatable bonds is 0. The average Bonchev–Trinajstić information content (AvgIpc) is 1.98. The Hall–Kier alpha value is 0.168. The Labute approximate surface area is 61.6 Å². The SMILES string of the molecule is CC1=[C]([Pt])C=CC1C. The zero-order chi connectivity index (χ0) is 6.15. The van der Waals surface area contributed by atoms with E-state index in [4.69, 9.17) is 0 Å². The zero-order valence-corrected chi connectivity index (χ0v) is 7.32. The van der Waals surface area contributed by atoms with Crippen molar-refractivity contribution in [3.63, 3.8) is 0 Å². The monoisotopic (exact) mass is 288 g/mol. The Morgan fingerprint density at radius 3 is 2.38 bits per heavy atom. The van der Waals surface area contributed by atoms with Crippen LogP contribution in [0.1, 0.15) is 13.8 Å². The second-order valence-corrected chi connectivity index (χ2v) is 3.37. The van der Waals surface area contributed by atoms with Gasteiger partial charge in [0.2, 0.25) is 0 Å². The molecule has 0 spiro atoms. The molecule has 0 saturated heterocycles. The molecule has 0 bridgehead atoms. The molecule has 8 heavy (non-hydrogen) atoms. The molecule has 0 aliphatic heterocycles. The summed E-state index contributed by atoms with van der Waals surface area (Å²) in [6, 6.07) is 0. The van der Waals surface area contributed by atoms with Gasteiger partial charge in [-0.2, -0.15) is 0 Å². The maximum atomic E-state index is 2.35. The van der Waals surface area contributed by atoms with Crippen LogP contribution in [0.2, 0.25) is 0 Å². The van der Waals surface area contributed by atoms with Crippen molar-refractivity contribution in [3.8, 4) is 0 Å². The normalized spacial score (nSPS) is 27.8. The third kappa shape index (κ3) is 0.950. The van der Waals surface area contributed by atoms with Gasteiger partial charge < -0.3 is 0 Å². The van der Waals surface area contributed by atoms with Crippen LogP contribution in [0.3, 0.4) is 0 Å². The van der Waals surface area contributed by atoms with E-state index in [-0.39, 0.29) is 0 Å². The fourth-order valence-electron chi connectivity index (χ4n) is 0.702. The van der Waals surface area contributed by atoms with Gasteiger partial charge >= 0.3 is 61.3 Å². The van der Waals surface area contributed by atoms with Gasteiger partial charge in [0.15, 0.2) is 0 Å². The average molecular weight is 288 g/mol. The van der Waals surface area contributed by atoms with Crippen molar-refractivity contribution < 1.29 is 19.8 Å². The summed E-state index contributed by atoms with van der Waals surface area (Å²) in [6.07, 6.45) is 4.42. The maximum absolute atomic E-state index is 2.35. The van der Waals surface area contributed by atoms with E-state index in [0.717, 1.165) is 0 Å². The predicted molar refractivity (Wildman–Crippen MR) is 31.0 cm³/mol. The summed E-state index contributed by atoms with van der Waals surface area (Å²) < 4.78 is 1.41. The van der Waals surface area contributed by atoms with Gasteiger partial charge in [-0.1, -0.05) is 0 Å². The van der Waals surface area contributed by atoms with E-state index in [1.807, 2.05) is 0 Å². The van der Waals surface area contributed by atoms with Gasteiger partial charge in [-0.25, -0.2) is 0 Å². The molecule has 1 rings (SSSR count). The standard InChI is InChI=1S/C7H9.Pt/c1-6-4-3-5-7(6)2;/h3-4,6H,1-2H3;. The van der Waals surface area contributed by atoms with E-state index in [2.05, 4.69) is 45.8 Å². The third-order valence-corrected chi connectivity index (χ3v) is 2.83. The summed E-state index contributed by atoms with van der Waals surface area (Å²) in [5.74, 6) is 0.683. The Morgan fingerprint density at radius 2 is 2.25 bits per heavy atom. The van der Waals surface area contributed by atoms with E-state index < -0.39 is 0 Å². The van der Waals surface area contributed by atoms with Crippen molar-refractivity contribution in [2.75, 3.05) is 0 Å². The van der Waals surface area contributed by atoms with Crippen molar-refractivity contribution in [1.82, 2.24) is 0 Å². The van der Waals surface area contributed by atoms with Gasteiger partial charge in [-0.05, 0) is 0 Å². The summed E-state index contributed by atoms with van der Waals surface area (Å²) in [4.78, 5) is 0. The van der Waals surface area contributed by atoms with Crippen molar-refractivity contribution in [1.29, 1.82) is 0 Å². The summed E-state index contributed by atoms with van der Waals surface area (Å²) >= 11 is 2.35. The van der Waals surface area contributed by atoms with Crippen LogP contribution in [-0.2, 0) is 19.8 Å². The molecular formula is C7H9Pt. The molecule has 1 heteroatoms. The Balaban J connectivity index is 2.85. The van der Waals surface area contributed by atoms with Gasteiger partial charge in [0.25, 0.3) is 0 Å². The number of allylic oxidation sites excluding steroid dienone is 4. The van der Waals surface area contributed by atoms with E-state index in [1.165, 1.54) is 9.54 Å². The second-order valence-electron chi connectivity index (χ2n) is 2.15. The van der Waals surface area contributed by atoms with Crippen molar-refractivity contribution in [2.24, 2.45) is 5.92 Å². The van der Waals surface area contributed by atoms with Gasteiger partial charge in [-0.3, -0.25) is 0 Å². The molecule has 0 aromatic heterocycles. The fraction of sp³-hybridized carbons (Fsp3) is 0.429. The van der Waals surface area contributed by atoms with E-state index in [1.54, 1.807) is 0 Å². The fourth-order valence-corrected chi connectivity index (χ4v) is 1.44. The van der Waals surface area contributed by atoms with Crippen LogP contribution in [0.4, 0.5) is 0 Å². The van der Waals surface area contributed by atoms with E-state index in [0.29, 0.717) is 5.92 Å². The topological polar surface area (TPSA) is 0 Å². The summed E-state index contributed by atoms with van der Waals surface area (Å²) in [6.45, 7) is 4.41. The van der Waals surface area contributed by atoms with Crippen molar-refractivity contribution in [2.45, 2.75) is 13.8 Å². The van der Waals surface area contributed by atoms with Crippen molar-refractivity contribution in [3.05, 3.63) is 21.7 Å². The first-order chi connectivity index (χ1) is 3.72. The molecule has 1 aliphatic carbocycles. The van der Waals surface area contributed by atoms with E-state index >= 15 is 0 Å². The van der Waals surface area contributed by atoms with Gasteiger partial charge in [0.1, 0.15) is 0 Å². The molecule has 0 nitrogen and oxygen atoms in total. The molecule has 0 N–H and O–H groups in total. The molecule has 1 unspecified atom stereocenters. The van der Waals surface area contributed by atoms with Crippen LogP contribution in [-0.4, -0.2) is 0 Å².